The molecule has 4 nitrogen and oxygen atoms in total. The summed E-state index contributed by atoms with van der Waals surface area (Å²) in [6.07, 6.45) is 1.76. The summed E-state index contributed by atoms with van der Waals surface area (Å²) in [6.45, 7) is 2.66. The molecule has 0 radical (unpaired) electrons. The second-order valence-corrected chi connectivity index (χ2v) is 4.94. The van der Waals surface area contributed by atoms with Crippen LogP contribution in [-0.4, -0.2) is 16.7 Å². The van der Waals surface area contributed by atoms with E-state index in [4.69, 9.17) is 10.3 Å². The first kappa shape index (κ1) is 14.6. The smallest absolute Gasteiger partial charge is 0.226 e. The Bertz CT molecular complexity index is 551. The van der Waals surface area contributed by atoms with Crippen LogP contribution >= 0.6 is 0 Å². The van der Waals surface area contributed by atoms with Gasteiger partial charge in [0, 0.05) is 18.9 Å². The molecule has 2 N–H and O–H groups in total. The Kier molecular flexibility index (Phi) is 4.79. The molecule has 108 valence electrons. The Morgan fingerprint density at radius 3 is 2.60 bits per heavy atom. The minimum atomic E-state index is -0.611. The van der Waals surface area contributed by atoms with Gasteiger partial charge in [-0.15, -0.1) is 0 Å². The predicted molar refractivity (Wildman–Crippen MR) is 70.0 cm³/mol. The molecule has 2 aromatic rings. The molecule has 6 heteroatoms. The zero-order valence-corrected chi connectivity index (χ0v) is 11.3. The number of benzene rings is 1. The van der Waals surface area contributed by atoms with Gasteiger partial charge in [-0.05, 0) is 36.6 Å². The molecular weight excluding hydrogens is 264 g/mol. The van der Waals surface area contributed by atoms with Crippen LogP contribution in [0.2, 0.25) is 0 Å². The molecule has 0 saturated heterocycles. The maximum atomic E-state index is 13.1. The standard InChI is InChI=1S/C14H17F2N3O/c1-9(8-17)2-3-14-18-13(19-20-14)6-10-4-11(15)7-12(16)5-10/h4-5,7,9H,2-3,6,8,17H2,1H3. The van der Waals surface area contributed by atoms with E-state index >= 15 is 0 Å². The van der Waals surface area contributed by atoms with Gasteiger partial charge in [0.2, 0.25) is 5.89 Å². The summed E-state index contributed by atoms with van der Waals surface area (Å²) in [6, 6.07) is 3.35. The molecular formula is C14H17F2N3O. The molecule has 1 aromatic heterocycles. The number of hydrogen-bond acceptors (Lipinski definition) is 4. The van der Waals surface area contributed by atoms with Gasteiger partial charge in [-0.3, -0.25) is 0 Å². The van der Waals surface area contributed by atoms with Gasteiger partial charge in [-0.1, -0.05) is 12.1 Å². The molecule has 0 spiro atoms. The van der Waals surface area contributed by atoms with Crippen LogP contribution < -0.4 is 5.73 Å². The molecule has 1 unspecified atom stereocenters. The van der Waals surface area contributed by atoms with Crippen LogP contribution in [0.5, 0.6) is 0 Å². The van der Waals surface area contributed by atoms with E-state index in [1.54, 1.807) is 0 Å². The van der Waals surface area contributed by atoms with Crippen LogP contribution in [0.3, 0.4) is 0 Å². The summed E-state index contributed by atoms with van der Waals surface area (Å²) in [4.78, 5) is 4.21. The summed E-state index contributed by atoms with van der Waals surface area (Å²) in [5, 5.41) is 3.81. The average Bonchev–Trinajstić information content (AvgIpc) is 2.82. The van der Waals surface area contributed by atoms with Gasteiger partial charge < -0.3 is 10.3 Å². The topological polar surface area (TPSA) is 64.9 Å². The van der Waals surface area contributed by atoms with Gasteiger partial charge in [0.05, 0.1) is 0 Å². The highest BCUT2D eigenvalue weighted by atomic mass is 19.1. The summed E-state index contributed by atoms with van der Waals surface area (Å²) in [5.74, 6) is 0.117. The van der Waals surface area contributed by atoms with Crippen molar-refractivity contribution in [1.82, 2.24) is 10.1 Å². The third-order valence-electron chi connectivity index (χ3n) is 3.05. The van der Waals surface area contributed by atoms with Crippen LogP contribution in [0.25, 0.3) is 0 Å². The molecule has 0 aliphatic carbocycles. The lowest BCUT2D eigenvalue weighted by atomic mass is 10.1. The van der Waals surface area contributed by atoms with Crippen LogP contribution in [-0.2, 0) is 12.8 Å². The largest absolute Gasteiger partial charge is 0.339 e. The quantitative estimate of drug-likeness (QED) is 0.883. The third-order valence-corrected chi connectivity index (χ3v) is 3.05. The highest BCUT2D eigenvalue weighted by molar-refractivity contribution is 5.21. The number of aromatic nitrogens is 2. The van der Waals surface area contributed by atoms with Crippen molar-refractivity contribution in [3.63, 3.8) is 0 Å². The Hall–Kier alpha value is -1.82. The molecule has 1 atom stereocenters. The molecule has 0 bridgehead atoms. The van der Waals surface area contributed by atoms with Crippen molar-refractivity contribution >= 4 is 0 Å². The van der Waals surface area contributed by atoms with Gasteiger partial charge in [-0.25, -0.2) is 8.78 Å². The van der Waals surface area contributed by atoms with Crippen molar-refractivity contribution in [2.75, 3.05) is 6.54 Å². The van der Waals surface area contributed by atoms with Gasteiger partial charge in [0.15, 0.2) is 5.82 Å². The van der Waals surface area contributed by atoms with Crippen LogP contribution in [0, 0.1) is 17.6 Å². The van der Waals surface area contributed by atoms with Crippen LogP contribution in [0.4, 0.5) is 8.78 Å². The Balaban J connectivity index is 1.98. The number of rotatable bonds is 6. The number of nitrogens with zero attached hydrogens (tertiary/aromatic N) is 2. The van der Waals surface area contributed by atoms with Gasteiger partial charge in [-0.2, -0.15) is 4.98 Å². The number of halogens is 2. The van der Waals surface area contributed by atoms with Crippen LogP contribution in [0.1, 0.15) is 30.6 Å². The SMILES string of the molecule is CC(CN)CCc1nc(Cc2cc(F)cc(F)c2)no1. The van der Waals surface area contributed by atoms with E-state index in [2.05, 4.69) is 10.1 Å². The number of aryl methyl sites for hydroxylation is 1. The van der Waals surface area contributed by atoms with Crippen molar-refractivity contribution in [3.8, 4) is 0 Å². The Morgan fingerprint density at radius 1 is 1.25 bits per heavy atom. The highest BCUT2D eigenvalue weighted by Gasteiger charge is 2.10. The van der Waals surface area contributed by atoms with Gasteiger partial charge in [0.25, 0.3) is 0 Å². The molecule has 1 aromatic carbocycles. The molecule has 2 rings (SSSR count). The summed E-state index contributed by atoms with van der Waals surface area (Å²) in [7, 11) is 0. The maximum Gasteiger partial charge on any atom is 0.226 e. The van der Waals surface area contributed by atoms with Gasteiger partial charge in [0.1, 0.15) is 11.6 Å². The number of nitrogens with two attached hydrogens (primary N) is 1. The highest BCUT2D eigenvalue weighted by Crippen LogP contribution is 2.13. The Morgan fingerprint density at radius 2 is 1.95 bits per heavy atom. The minimum Gasteiger partial charge on any atom is -0.339 e. The normalized spacial score (nSPS) is 12.6. The predicted octanol–water partition coefficient (Wildman–Crippen LogP) is 2.47. The maximum absolute atomic E-state index is 13.1. The number of hydrogen-bond donors (Lipinski definition) is 1. The monoisotopic (exact) mass is 281 g/mol. The van der Waals surface area contributed by atoms with Crippen LogP contribution in [0.15, 0.2) is 22.7 Å². The van der Waals surface area contributed by atoms with Crippen molar-refractivity contribution in [1.29, 1.82) is 0 Å². The summed E-state index contributed by atoms with van der Waals surface area (Å²) < 4.78 is 31.2. The van der Waals surface area contributed by atoms with E-state index in [1.807, 2.05) is 6.92 Å². The van der Waals surface area contributed by atoms with E-state index in [1.165, 1.54) is 12.1 Å². The van der Waals surface area contributed by atoms with E-state index in [-0.39, 0.29) is 6.42 Å². The first-order valence-corrected chi connectivity index (χ1v) is 6.53. The summed E-state index contributed by atoms with van der Waals surface area (Å²) >= 11 is 0. The lowest BCUT2D eigenvalue weighted by Gasteiger charge is -2.03. The molecule has 0 aliphatic rings. The molecule has 0 aliphatic heterocycles. The van der Waals surface area contributed by atoms with Gasteiger partial charge >= 0.3 is 0 Å². The fourth-order valence-corrected chi connectivity index (χ4v) is 1.85. The summed E-state index contributed by atoms with van der Waals surface area (Å²) in [5.41, 5.74) is 6.01. The van der Waals surface area contributed by atoms with E-state index < -0.39 is 11.6 Å². The van der Waals surface area contributed by atoms with Crippen molar-refractivity contribution in [3.05, 3.63) is 47.1 Å². The molecule has 20 heavy (non-hydrogen) atoms. The van der Waals surface area contributed by atoms with E-state index in [0.717, 1.165) is 12.5 Å². The second kappa shape index (κ2) is 6.56. The first-order chi connectivity index (χ1) is 9.56. The van der Waals surface area contributed by atoms with Crippen molar-refractivity contribution < 1.29 is 13.3 Å². The fraction of sp³-hybridized carbons (Fsp3) is 0.429. The minimum absolute atomic E-state index is 0.241. The van der Waals surface area contributed by atoms with Crippen molar-refractivity contribution in [2.24, 2.45) is 11.7 Å². The molecule has 0 saturated carbocycles. The van der Waals surface area contributed by atoms with Crippen molar-refractivity contribution in [2.45, 2.75) is 26.2 Å². The lowest BCUT2D eigenvalue weighted by molar-refractivity contribution is 0.362. The lowest BCUT2D eigenvalue weighted by Crippen LogP contribution is -2.11. The average molecular weight is 281 g/mol. The Labute approximate surface area is 116 Å². The van der Waals surface area contributed by atoms with E-state index in [0.29, 0.717) is 36.2 Å². The third kappa shape index (κ3) is 4.09. The zero-order chi connectivity index (χ0) is 14.5. The first-order valence-electron chi connectivity index (χ1n) is 6.53. The second-order valence-electron chi connectivity index (χ2n) is 4.94. The molecule has 0 amide bonds. The molecule has 0 fully saturated rings. The fourth-order valence-electron chi connectivity index (χ4n) is 1.85. The zero-order valence-electron chi connectivity index (χ0n) is 11.3. The van der Waals surface area contributed by atoms with E-state index in [9.17, 15) is 8.78 Å². The molecule has 1 heterocycles.